The predicted molar refractivity (Wildman–Crippen MR) is 61.4 cm³/mol. The van der Waals surface area contributed by atoms with Crippen LogP contribution in [0.25, 0.3) is 0 Å². The third-order valence-electron chi connectivity index (χ3n) is 2.58. The zero-order chi connectivity index (χ0) is 12.7. The molecule has 1 aliphatic rings. The number of hydrazine groups is 1. The Morgan fingerprint density at radius 2 is 2.12 bits per heavy atom. The molecule has 0 amide bonds. The van der Waals surface area contributed by atoms with Crippen LogP contribution in [0.3, 0.4) is 0 Å². The summed E-state index contributed by atoms with van der Waals surface area (Å²) >= 11 is 0. The summed E-state index contributed by atoms with van der Waals surface area (Å²) in [6.07, 6.45) is 4.86. The summed E-state index contributed by atoms with van der Waals surface area (Å²) < 4.78 is 0. The zero-order valence-electron chi connectivity index (χ0n) is 10.4. The van der Waals surface area contributed by atoms with Crippen LogP contribution in [0.15, 0.2) is 11.8 Å². The molecule has 1 aliphatic heterocycles. The van der Waals surface area contributed by atoms with E-state index in [4.69, 9.17) is 15.3 Å². The molecule has 1 heterocycles. The van der Waals surface area contributed by atoms with Gasteiger partial charge in [-0.1, -0.05) is 13.3 Å². The van der Waals surface area contributed by atoms with Crippen molar-refractivity contribution in [1.82, 2.24) is 10.0 Å². The smallest absolute Gasteiger partial charge is 0.291 e. The number of allylic oxidation sites excluding steroid dienone is 1. The zero-order valence-corrected chi connectivity index (χ0v) is 10.4. The fraction of sp³-hybridized carbons (Fsp3) is 0.800. The van der Waals surface area contributed by atoms with Crippen molar-refractivity contribution in [2.45, 2.75) is 39.7 Å². The summed E-state index contributed by atoms with van der Waals surface area (Å²) in [4.78, 5) is 8.36. The highest BCUT2D eigenvalue weighted by Crippen LogP contribution is 2.20. The topological polar surface area (TPSA) is 69.9 Å². The van der Waals surface area contributed by atoms with E-state index in [0.717, 1.165) is 0 Å². The fourth-order valence-corrected chi connectivity index (χ4v) is 1.65. The van der Waals surface area contributed by atoms with E-state index >= 15 is 0 Å². The first-order valence-electron chi connectivity index (χ1n) is 5.42. The van der Waals surface area contributed by atoms with Gasteiger partial charge in [0, 0.05) is 25.3 Å². The number of likely N-dealkylation sites (N-methyl/N-ethyl adjacent to an activating group) is 1. The molecule has 1 unspecified atom stereocenters. The van der Waals surface area contributed by atoms with E-state index in [-0.39, 0.29) is 0 Å². The summed E-state index contributed by atoms with van der Waals surface area (Å²) in [7, 11) is 2.16. The van der Waals surface area contributed by atoms with Crippen molar-refractivity contribution in [3.8, 4) is 0 Å². The average Bonchev–Trinajstić information content (AvgIpc) is 2.38. The monoisotopic (exact) mass is 231 g/mol. The maximum absolute atomic E-state index is 8.36. The Morgan fingerprint density at radius 1 is 1.62 bits per heavy atom. The standard InChI is InChI=1S/C10H20N2.HNO3/c1-5-6-7-12-10(3)8-9(2)11(12)4;2-1(3)4/h8-9H,5-7H2,1-4H3;(H,2,3,4). The molecule has 6 heteroatoms. The van der Waals surface area contributed by atoms with Gasteiger partial charge in [-0.2, -0.15) is 0 Å². The summed E-state index contributed by atoms with van der Waals surface area (Å²) in [5.41, 5.74) is 1.40. The van der Waals surface area contributed by atoms with Gasteiger partial charge in [0.25, 0.3) is 5.09 Å². The molecule has 16 heavy (non-hydrogen) atoms. The summed E-state index contributed by atoms with van der Waals surface area (Å²) in [6, 6.07) is 0.571. The lowest BCUT2D eigenvalue weighted by Gasteiger charge is -2.30. The number of unbranched alkanes of at least 4 members (excludes halogenated alkanes) is 1. The van der Waals surface area contributed by atoms with Crippen molar-refractivity contribution in [3.05, 3.63) is 21.9 Å². The van der Waals surface area contributed by atoms with Crippen LogP contribution in [-0.4, -0.2) is 39.9 Å². The number of nitrogens with zero attached hydrogens (tertiary/aromatic N) is 3. The van der Waals surface area contributed by atoms with E-state index in [9.17, 15) is 0 Å². The van der Waals surface area contributed by atoms with Crippen LogP contribution in [-0.2, 0) is 0 Å². The van der Waals surface area contributed by atoms with Crippen LogP contribution in [0.2, 0.25) is 0 Å². The van der Waals surface area contributed by atoms with E-state index in [1.54, 1.807) is 0 Å². The molecular formula is C10H21N3O3. The second kappa shape index (κ2) is 7.05. The Morgan fingerprint density at radius 3 is 2.44 bits per heavy atom. The lowest BCUT2D eigenvalue weighted by molar-refractivity contribution is -0.742. The molecule has 1 rings (SSSR count). The molecule has 0 aromatic heterocycles. The van der Waals surface area contributed by atoms with Crippen LogP contribution in [0.5, 0.6) is 0 Å². The van der Waals surface area contributed by atoms with Crippen molar-refractivity contribution in [2.24, 2.45) is 0 Å². The molecular weight excluding hydrogens is 210 g/mol. The van der Waals surface area contributed by atoms with Gasteiger partial charge in [-0.3, -0.25) is 0 Å². The largest absolute Gasteiger partial charge is 0.328 e. The molecule has 0 aromatic carbocycles. The summed E-state index contributed by atoms with van der Waals surface area (Å²) in [6.45, 7) is 7.82. The van der Waals surface area contributed by atoms with E-state index in [1.165, 1.54) is 25.1 Å². The van der Waals surface area contributed by atoms with E-state index in [0.29, 0.717) is 6.04 Å². The molecule has 0 aliphatic carbocycles. The Bertz CT molecular complexity index is 252. The molecule has 0 radical (unpaired) electrons. The molecule has 94 valence electrons. The number of hydrogen-bond acceptors (Lipinski definition) is 4. The fourth-order valence-electron chi connectivity index (χ4n) is 1.65. The second-order valence-corrected chi connectivity index (χ2v) is 3.84. The highest BCUT2D eigenvalue weighted by molar-refractivity contribution is 5.07. The first kappa shape index (κ1) is 14.7. The summed E-state index contributed by atoms with van der Waals surface area (Å²) in [5.74, 6) is 0. The van der Waals surface area contributed by atoms with Crippen molar-refractivity contribution in [2.75, 3.05) is 13.6 Å². The number of rotatable bonds is 3. The van der Waals surface area contributed by atoms with Crippen molar-refractivity contribution in [1.29, 1.82) is 0 Å². The van der Waals surface area contributed by atoms with E-state index < -0.39 is 5.09 Å². The first-order chi connectivity index (χ1) is 7.40. The van der Waals surface area contributed by atoms with Gasteiger partial charge in [-0.15, -0.1) is 10.1 Å². The van der Waals surface area contributed by atoms with Crippen LogP contribution in [0, 0.1) is 10.1 Å². The second-order valence-electron chi connectivity index (χ2n) is 3.84. The minimum Gasteiger partial charge on any atom is -0.328 e. The molecule has 0 spiro atoms. The highest BCUT2D eigenvalue weighted by atomic mass is 16.9. The van der Waals surface area contributed by atoms with Crippen LogP contribution < -0.4 is 0 Å². The Labute approximate surface area is 96.2 Å². The van der Waals surface area contributed by atoms with Gasteiger partial charge in [0.1, 0.15) is 0 Å². The highest BCUT2D eigenvalue weighted by Gasteiger charge is 2.22. The maximum Gasteiger partial charge on any atom is 0.291 e. The lowest BCUT2D eigenvalue weighted by Crippen LogP contribution is -2.38. The minimum atomic E-state index is -1.50. The molecule has 0 saturated carbocycles. The Hall–Kier alpha value is -1.30. The van der Waals surface area contributed by atoms with Gasteiger partial charge in [0.15, 0.2) is 0 Å². The molecule has 0 saturated heterocycles. The molecule has 6 nitrogen and oxygen atoms in total. The Balaban J connectivity index is 0.000000487. The average molecular weight is 231 g/mol. The van der Waals surface area contributed by atoms with Gasteiger partial charge in [-0.05, 0) is 26.3 Å². The quantitative estimate of drug-likeness (QED) is 0.593. The maximum atomic E-state index is 8.36. The number of hydrogen-bond donors (Lipinski definition) is 1. The van der Waals surface area contributed by atoms with Crippen LogP contribution in [0.1, 0.15) is 33.6 Å². The Kier molecular flexibility index (Phi) is 6.48. The van der Waals surface area contributed by atoms with Crippen LogP contribution in [0.4, 0.5) is 0 Å². The minimum absolute atomic E-state index is 0.571. The van der Waals surface area contributed by atoms with E-state index in [2.05, 4.69) is 43.9 Å². The van der Waals surface area contributed by atoms with Gasteiger partial charge < -0.3 is 10.2 Å². The molecule has 0 fully saturated rings. The third kappa shape index (κ3) is 4.97. The molecule has 0 aromatic rings. The first-order valence-corrected chi connectivity index (χ1v) is 5.42. The molecule has 0 bridgehead atoms. The summed E-state index contributed by atoms with van der Waals surface area (Å²) in [5, 5.41) is 18.3. The van der Waals surface area contributed by atoms with Crippen LogP contribution >= 0.6 is 0 Å². The van der Waals surface area contributed by atoms with E-state index in [1.807, 2.05) is 0 Å². The lowest BCUT2D eigenvalue weighted by atomic mass is 10.3. The van der Waals surface area contributed by atoms with Crippen molar-refractivity contribution >= 4 is 0 Å². The molecule has 1 atom stereocenters. The normalized spacial score (nSPS) is 20.1. The molecule has 1 N–H and O–H groups in total. The van der Waals surface area contributed by atoms with Crippen molar-refractivity contribution < 1.29 is 10.3 Å². The van der Waals surface area contributed by atoms with Gasteiger partial charge in [0.2, 0.25) is 0 Å². The SMILES string of the molecule is CCCCN1C(C)=CC(C)N1C.O=[N+]([O-])O. The van der Waals surface area contributed by atoms with Gasteiger partial charge in [-0.25, -0.2) is 5.01 Å². The van der Waals surface area contributed by atoms with Gasteiger partial charge in [0.05, 0.1) is 0 Å². The van der Waals surface area contributed by atoms with Gasteiger partial charge >= 0.3 is 0 Å². The van der Waals surface area contributed by atoms with Crippen molar-refractivity contribution in [3.63, 3.8) is 0 Å². The predicted octanol–water partition coefficient (Wildman–Crippen LogP) is 1.89. The third-order valence-corrected chi connectivity index (χ3v) is 2.58.